The van der Waals surface area contributed by atoms with Crippen LogP contribution in [0.5, 0.6) is 0 Å². The molecule has 0 aromatic heterocycles. The van der Waals surface area contributed by atoms with Gasteiger partial charge in [-0.15, -0.1) is 0 Å². The number of ether oxygens (including phenoxy) is 3. The van der Waals surface area contributed by atoms with Crippen molar-refractivity contribution in [1.82, 2.24) is 0 Å². The average molecular weight is 695 g/mol. The van der Waals surface area contributed by atoms with E-state index in [2.05, 4.69) is 20.8 Å². The molecule has 0 N–H and O–H groups in total. The van der Waals surface area contributed by atoms with Crippen LogP contribution in [0.25, 0.3) is 0 Å². The van der Waals surface area contributed by atoms with Crippen LogP contribution in [0.3, 0.4) is 0 Å². The van der Waals surface area contributed by atoms with Crippen LogP contribution in [0, 0.1) is 0 Å². The molecule has 0 unspecified atom stereocenters. The van der Waals surface area contributed by atoms with Crippen LogP contribution in [-0.4, -0.2) is 37.2 Å². The molecule has 0 radical (unpaired) electrons. The van der Waals surface area contributed by atoms with Crippen molar-refractivity contribution in [3.63, 3.8) is 0 Å². The number of carbonyl (C=O) groups is 3. The molecule has 0 rings (SSSR count). The van der Waals surface area contributed by atoms with Crippen molar-refractivity contribution in [2.45, 2.75) is 245 Å². The lowest BCUT2D eigenvalue weighted by molar-refractivity contribution is -0.167. The number of hydrogen-bond acceptors (Lipinski definition) is 6. The molecular formula is C43H82O6. The minimum atomic E-state index is -0.756. The van der Waals surface area contributed by atoms with E-state index in [0.717, 1.165) is 57.8 Å². The van der Waals surface area contributed by atoms with E-state index in [9.17, 15) is 14.4 Å². The molecule has 0 spiro atoms. The minimum Gasteiger partial charge on any atom is -0.462 e. The molecule has 0 aliphatic carbocycles. The molecule has 0 aromatic carbocycles. The zero-order chi connectivity index (χ0) is 35.9. The van der Waals surface area contributed by atoms with E-state index in [1.807, 2.05) is 0 Å². The van der Waals surface area contributed by atoms with Crippen molar-refractivity contribution in [3.8, 4) is 0 Å². The standard InChI is InChI=1S/C43H82O6/c1-4-7-10-13-16-18-20-21-23-25-28-30-33-36-42(45)48-39-40(49-43(46)37-34-31-26-15-12-9-6-3)38-47-41(44)35-32-29-27-24-22-19-17-14-11-8-5-2/h40H,4-39H2,1-3H3/t40-/m0/s1. The lowest BCUT2D eigenvalue weighted by Gasteiger charge is -2.18. The molecule has 6 nitrogen and oxygen atoms in total. The fourth-order valence-electron chi connectivity index (χ4n) is 6.32. The van der Waals surface area contributed by atoms with Crippen molar-refractivity contribution in [2.24, 2.45) is 0 Å². The molecule has 0 aliphatic rings. The molecule has 1 atom stereocenters. The molecule has 0 saturated heterocycles. The summed E-state index contributed by atoms with van der Waals surface area (Å²) >= 11 is 0. The monoisotopic (exact) mass is 695 g/mol. The fourth-order valence-corrected chi connectivity index (χ4v) is 6.32. The van der Waals surface area contributed by atoms with Gasteiger partial charge in [-0.1, -0.05) is 201 Å². The van der Waals surface area contributed by atoms with Gasteiger partial charge in [0, 0.05) is 19.3 Å². The Balaban J connectivity index is 4.25. The Morgan fingerprint density at radius 2 is 0.551 bits per heavy atom. The van der Waals surface area contributed by atoms with Gasteiger partial charge in [-0.3, -0.25) is 14.4 Å². The molecular weight excluding hydrogens is 612 g/mol. The maximum absolute atomic E-state index is 12.6. The summed E-state index contributed by atoms with van der Waals surface area (Å²) in [5.74, 6) is -0.863. The Hall–Kier alpha value is -1.59. The first-order valence-corrected chi connectivity index (χ1v) is 21.5. The summed E-state index contributed by atoms with van der Waals surface area (Å²) < 4.78 is 16.6. The molecule has 0 saturated carbocycles. The summed E-state index contributed by atoms with van der Waals surface area (Å²) in [5, 5.41) is 0. The van der Waals surface area contributed by atoms with Gasteiger partial charge in [0.1, 0.15) is 13.2 Å². The Bertz CT molecular complexity index is 723. The smallest absolute Gasteiger partial charge is 0.306 e. The number of carbonyl (C=O) groups excluding carboxylic acids is 3. The maximum atomic E-state index is 12.6. The highest BCUT2D eigenvalue weighted by Crippen LogP contribution is 2.15. The van der Waals surface area contributed by atoms with Gasteiger partial charge < -0.3 is 14.2 Å². The summed E-state index contributed by atoms with van der Waals surface area (Å²) in [6.07, 6.45) is 38.0. The van der Waals surface area contributed by atoms with Gasteiger partial charge in [-0.05, 0) is 19.3 Å². The first-order valence-electron chi connectivity index (χ1n) is 21.5. The molecule has 0 fully saturated rings. The second-order valence-corrected chi connectivity index (χ2v) is 14.6. The second-order valence-electron chi connectivity index (χ2n) is 14.6. The molecule has 0 heterocycles. The SMILES string of the molecule is CCCCCCCCCCCCCCCC(=O)OC[C@H](COC(=O)CCCCCCCCCCCCC)OC(=O)CCCCCCCCC. The average Bonchev–Trinajstić information content (AvgIpc) is 3.10. The number of hydrogen-bond donors (Lipinski definition) is 0. The van der Waals surface area contributed by atoms with Crippen molar-refractivity contribution < 1.29 is 28.6 Å². The quantitative estimate of drug-likeness (QED) is 0.0362. The van der Waals surface area contributed by atoms with E-state index >= 15 is 0 Å². The summed E-state index contributed by atoms with van der Waals surface area (Å²) in [4.78, 5) is 37.4. The molecule has 0 bridgehead atoms. The molecule has 0 aliphatic heterocycles. The van der Waals surface area contributed by atoms with Gasteiger partial charge in [-0.2, -0.15) is 0 Å². The van der Waals surface area contributed by atoms with Crippen molar-refractivity contribution in [1.29, 1.82) is 0 Å². The summed E-state index contributed by atoms with van der Waals surface area (Å²) in [5.41, 5.74) is 0. The Labute approximate surface area is 304 Å². The van der Waals surface area contributed by atoms with Crippen molar-refractivity contribution in [3.05, 3.63) is 0 Å². The molecule has 290 valence electrons. The summed E-state index contributed by atoms with van der Waals surface area (Å²) in [6, 6.07) is 0. The lowest BCUT2D eigenvalue weighted by Crippen LogP contribution is -2.30. The maximum Gasteiger partial charge on any atom is 0.306 e. The zero-order valence-corrected chi connectivity index (χ0v) is 33.0. The summed E-state index contributed by atoms with van der Waals surface area (Å²) in [7, 11) is 0. The van der Waals surface area contributed by atoms with Crippen LogP contribution < -0.4 is 0 Å². The van der Waals surface area contributed by atoms with Gasteiger partial charge in [-0.25, -0.2) is 0 Å². The zero-order valence-electron chi connectivity index (χ0n) is 33.0. The highest BCUT2D eigenvalue weighted by atomic mass is 16.6. The topological polar surface area (TPSA) is 78.9 Å². The highest BCUT2D eigenvalue weighted by molar-refractivity contribution is 5.71. The Kier molecular flexibility index (Phi) is 37.9. The normalized spacial score (nSPS) is 11.8. The molecule has 0 amide bonds. The predicted octanol–water partition coefficient (Wildman–Crippen LogP) is 13.3. The Morgan fingerprint density at radius 3 is 0.816 bits per heavy atom. The van der Waals surface area contributed by atoms with E-state index in [0.29, 0.717) is 19.3 Å². The number of rotatable bonds is 39. The van der Waals surface area contributed by atoms with Crippen LogP contribution in [0.15, 0.2) is 0 Å². The van der Waals surface area contributed by atoms with Gasteiger partial charge in [0.05, 0.1) is 0 Å². The van der Waals surface area contributed by atoms with Crippen molar-refractivity contribution >= 4 is 17.9 Å². The van der Waals surface area contributed by atoms with E-state index in [4.69, 9.17) is 14.2 Å². The number of unbranched alkanes of at least 4 members (excludes halogenated alkanes) is 28. The van der Waals surface area contributed by atoms with Crippen molar-refractivity contribution in [2.75, 3.05) is 13.2 Å². The third kappa shape index (κ3) is 37.5. The van der Waals surface area contributed by atoms with Crippen LogP contribution >= 0.6 is 0 Å². The first-order chi connectivity index (χ1) is 24.0. The van der Waals surface area contributed by atoms with Crippen LogP contribution in [-0.2, 0) is 28.6 Å². The van der Waals surface area contributed by atoms with E-state index in [1.54, 1.807) is 0 Å². The minimum absolute atomic E-state index is 0.0637. The third-order valence-corrected chi connectivity index (χ3v) is 9.61. The second kappa shape index (κ2) is 39.2. The third-order valence-electron chi connectivity index (χ3n) is 9.61. The van der Waals surface area contributed by atoms with Crippen LogP contribution in [0.2, 0.25) is 0 Å². The number of esters is 3. The predicted molar refractivity (Wildman–Crippen MR) is 206 cm³/mol. The Morgan fingerprint density at radius 1 is 0.327 bits per heavy atom. The van der Waals surface area contributed by atoms with Gasteiger partial charge in [0.15, 0.2) is 6.10 Å². The van der Waals surface area contributed by atoms with Crippen LogP contribution in [0.4, 0.5) is 0 Å². The van der Waals surface area contributed by atoms with E-state index in [-0.39, 0.29) is 31.1 Å². The summed E-state index contributed by atoms with van der Waals surface area (Å²) in [6.45, 7) is 6.59. The highest BCUT2D eigenvalue weighted by Gasteiger charge is 2.19. The van der Waals surface area contributed by atoms with Gasteiger partial charge >= 0.3 is 17.9 Å². The van der Waals surface area contributed by atoms with Gasteiger partial charge in [0.25, 0.3) is 0 Å². The molecule has 0 aromatic rings. The molecule has 6 heteroatoms. The van der Waals surface area contributed by atoms with Gasteiger partial charge in [0.2, 0.25) is 0 Å². The molecule has 49 heavy (non-hydrogen) atoms. The van der Waals surface area contributed by atoms with E-state index < -0.39 is 6.10 Å². The largest absolute Gasteiger partial charge is 0.462 e. The van der Waals surface area contributed by atoms with Crippen LogP contribution in [0.1, 0.15) is 239 Å². The lowest BCUT2D eigenvalue weighted by atomic mass is 10.0. The fraction of sp³-hybridized carbons (Fsp3) is 0.930. The first kappa shape index (κ1) is 47.4. The van der Waals surface area contributed by atoms with E-state index in [1.165, 1.54) is 141 Å².